The normalized spacial score (nSPS) is 30.3. The summed E-state index contributed by atoms with van der Waals surface area (Å²) in [4.78, 5) is 49.9. The van der Waals surface area contributed by atoms with Gasteiger partial charge >= 0.3 is 23.7 Å². The summed E-state index contributed by atoms with van der Waals surface area (Å²) in [6, 6.07) is -2.05. The van der Waals surface area contributed by atoms with E-state index in [2.05, 4.69) is 5.32 Å². The van der Waals surface area contributed by atoms with Gasteiger partial charge in [-0.05, 0) is 0 Å². The van der Waals surface area contributed by atoms with Gasteiger partial charge in [0.15, 0.2) is 0 Å². The summed E-state index contributed by atoms with van der Waals surface area (Å²) in [6.45, 7) is -0.283. The first-order chi connectivity index (χ1) is 8.86. The molecule has 0 radical (unpaired) electrons. The smallest absolute Gasteiger partial charge is 0.372 e. The van der Waals surface area contributed by atoms with Gasteiger partial charge in [0.1, 0.15) is 12.6 Å². The highest BCUT2D eigenvalue weighted by Gasteiger charge is 2.59. The topological polar surface area (TPSA) is 148 Å². The van der Waals surface area contributed by atoms with Crippen LogP contribution < -0.4 is 11.1 Å². The van der Waals surface area contributed by atoms with Crippen LogP contribution in [0.3, 0.4) is 0 Å². The molecule has 10 nitrogen and oxygen atoms in total. The summed E-state index contributed by atoms with van der Waals surface area (Å²) in [7, 11) is 0. The Bertz CT molecular complexity index is 465. The van der Waals surface area contributed by atoms with Crippen molar-refractivity contribution in [1.82, 2.24) is 10.4 Å². The number of amides is 3. The molecular weight excluding hydrogens is 262 g/mol. The number of carboxylic acids is 1. The average Bonchev–Trinajstić information content (AvgIpc) is 2.85. The molecule has 19 heavy (non-hydrogen) atoms. The van der Waals surface area contributed by atoms with Crippen LogP contribution in [0.25, 0.3) is 0 Å². The molecule has 0 aromatic heterocycles. The fourth-order valence-electron chi connectivity index (χ4n) is 1.93. The highest BCUT2D eigenvalue weighted by Crippen LogP contribution is 2.33. The predicted octanol–water partition coefficient (Wildman–Crippen LogP) is -2.08. The molecule has 4 N–H and O–H groups in total. The molecular formula is C9H11N3O7. The van der Waals surface area contributed by atoms with Gasteiger partial charge in [0.25, 0.3) is 5.91 Å². The lowest BCUT2D eigenvalue weighted by Gasteiger charge is -2.30. The van der Waals surface area contributed by atoms with Crippen molar-refractivity contribution in [2.24, 2.45) is 5.73 Å². The Balaban J connectivity index is 2.21. The summed E-state index contributed by atoms with van der Waals surface area (Å²) >= 11 is 0. The van der Waals surface area contributed by atoms with Crippen LogP contribution in [-0.2, 0) is 24.0 Å². The van der Waals surface area contributed by atoms with E-state index in [1.54, 1.807) is 0 Å². The zero-order chi connectivity index (χ0) is 14.2. The molecule has 2 rings (SSSR count). The minimum atomic E-state index is -2.18. The first-order valence-corrected chi connectivity index (χ1v) is 5.35. The van der Waals surface area contributed by atoms with Crippen LogP contribution >= 0.6 is 0 Å². The van der Waals surface area contributed by atoms with E-state index in [1.807, 2.05) is 0 Å². The molecule has 2 unspecified atom stereocenters. The minimum absolute atomic E-state index is 0.145. The Morgan fingerprint density at radius 1 is 1.47 bits per heavy atom. The molecule has 10 heteroatoms. The molecule has 2 fully saturated rings. The molecule has 104 valence electrons. The predicted molar refractivity (Wildman–Crippen MR) is 55.0 cm³/mol. The van der Waals surface area contributed by atoms with Gasteiger partial charge in [-0.15, -0.1) is 0 Å². The number of nitrogens with zero attached hydrogens (tertiary/aromatic N) is 1. The van der Waals surface area contributed by atoms with E-state index in [-0.39, 0.29) is 19.4 Å². The third kappa shape index (κ3) is 2.05. The van der Waals surface area contributed by atoms with Gasteiger partial charge < -0.3 is 20.9 Å². The number of hydrogen-bond donors (Lipinski definition) is 3. The number of cyclic esters (lactones) is 1. The van der Waals surface area contributed by atoms with Gasteiger partial charge in [0.05, 0.1) is 6.42 Å². The summed E-state index contributed by atoms with van der Waals surface area (Å²) in [6.07, 6.45) is -0.371. The second-order valence-corrected chi connectivity index (χ2v) is 4.05. The molecule has 0 aliphatic carbocycles. The zero-order valence-electron chi connectivity index (χ0n) is 9.62. The highest BCUT2D eigenvalue weighted by molar-refractivity contribution is 5.93. The number of carboxylic acid groups (broad SMARTS) is 1. The first-order valence-electron chi connectivity index (χ1n) is 5.35. The molecule has 2 heterocycles. The van der Waals surface area contributed by atoms with E-state index >= 15 is 0 Å². The number of aliphatic carboxylic acids is 1. The van der Waals surface area contributed by atoms with E-state index in [0.717, 1.165) is 0 Å². The maximum absolute atomic E-state index is 11.9. The molecule has 0 aromatic rings. The quantitative estimate of drug-likeness (QED) is 0.499. The molecule has 0 spiro atoms. The molecule has 2 atom stereocenters. The fourth-order valence-corrected chi connectivity index (χ4v) is 1.93. The zero-order valence-corrected chi connectivity index (χ0v) is 9.62. The van der Waals surface area contributed by atoms with Crippen molar-refractivity contribution in [2.75, 3.05) is 6.61 Å². The SMILES string of the molecule is NC(=O)NC1CON(C2(C(=O)O)CCC(=O)O2)C1=O. The summed E-state index contributed by atoms with van der Waals surface area (Å²) < 4.78 is 4.72. The van der Waals surface area contributed by atoms with Crippen molar-refractivity contribution in [3.63, 3.8) is 0 Å². The highest BCUT2D eigenvalue weighted by atomic mass is 16.7. The number of rotatable bonds is 3. The van der Waals surface area contributed by atoms with E-state index in [1.165, 1.54) is 0 Å². The van der Waals surface area contributed by atoms with E-state index in [0.29, 0.717) is 5.06 Å². The van der Waals surface area contributed by atoms with Crippen LogP contribution in [0.1, 0.15) is 12.8 Å². The number of primary amides is 1. The largest absolute Gasteiger partial charge is 0.477 e. The van der Waals surface area contributed by atoms with Gasteiger partial charge in [-0.2, -0.15) is 5.06 Å². The van der Waals surface area contributed by atoms with Gasteiger partial charge in [-0.3, -0.25) is 14.4 Å². The Morgan fingerprint density at radius 2 is 2.16 bits per heavy atom. The van der Waals surface area contributed by atoms with Crippen molar-refractivity contribution < 1.29 is 33.9 Å². The van der Waals surface area contributed by atoms with Gasteiger partial charge in [-0.25, -0.2) is 9.59 Å². The number of hydroxylamine groups is 2. The van der Waals surface area contributed by atoms with E-state index < -0.39 is 35.6 Å². The third-order valence-corrected chi connectivity index (χ3v) is 2.80. The monoisotopic (exact) mass is 273 g/mol. The lowest BCUT2D eigenvalue weighted by molar-refractivity contribution is -0.256. The van der Waals surface area contributed by atoms with Crippen LogP contribution in [0.4, 0.5) is 4.79 Å². The van der Waals surface area contributed by atoms with Crippen molar-refractivity contribution in [1.29, 1.82) is 0 Å². The van der Waals surface area contributed by atoms with E-state index in [4.69, 9.17) is 20.4 Å². The number of urea groups is 1. The number of ether oxygens (including phenoxy) is 1. The number of esters is 1. The van der Waals surface area contributed by atoms with Gasteiger partial charge in [-0.1, -0.05) is 0 Å². The summed E-state index contributed by atoms with van der Waals surface area (Å²) in [5.41, 5.74) is 2.69. The standard InChI is InChI=1S/C9H11N3O7/c10-8(17)11-4-3-18-12(6(4)14)9(7(15)16)2-1-5(13)19-9/h4H,1-3H2,(H,15,16)(H3,10,11,17). The van der Waals surface area contributed by atoms with Crippen molar-refractivity contribution in [3.05, 3.63) is 0 Å². The molecule has 0 bridgehead atoms. The summed E-state index contributed by atoms with van der Waals surface area (Å²) in [5.74, 6) is -3.10. The third-order valence-electron chi connectivity index (χ3n) is 2.80. The van der Waals surface area contributed by atoms with Crippen LogP contribution in [0.15, 0.2) is 0 Å². The van der Waals surface area contributed by atoms with Crippen molar-refractivity contribution in [2.45, 2.75) is 24.6 Å². The number of carbonyl (C=O) groups excluding carboxylic acids is 3. The Kier molecular flexibility index (Phi) is 3.02. The second kappa shape index (κ2) is 4.39. The Morgan fingerprint density at radius 3 is 2.63 bits per heavy atom. The fraction of sp³-hybridized carbons (Fsp3) is 0.556. The van der Waals surface area contributed by atoms with Crippen LogP contribution in [0.2, 0.25) is 0 Å². The maximum Gasteiger partial charge on any atom is 0.372 e. The van der Waals surface area contributed by atoms with Crippen molar-refractivity contribution >= 4 is 23.9 Å². The second-order valence-electron chi connectivity index (χ2n) is 4.05. The van der Waals surface area contributed by atoms with Crippen molar-refractivity contribution in [3.8, 4) is 0 Å². The van der Waals surface area contributed by atoms with Gasteiger partial charge in [0.2, 0.25) is 0 Å². The lowest BCUT2D eigenvalue weighted by atomic mass is 10.1. The summed E-state index contributed by atoms with van der Waals surface area (Å²) in [5, 5.41) is 11.7. The number of hydrogen-bond acceptors (Lipinski definition) is 6. The Hall–Kier alpha value is -2.36. The first kappa shape index (κ1) is 13.1. The number of carbonyl (C=O) groups is 4. The number of nitrogens with two attached hydrogens (primary N) is 1. The molecule has 2 aliphatic heterocycles. The van der Waals surface area contributed by atoms with E-state index in [9.17, 15) is 19.2 Å². The van der Waals surface area contributed by atoms with Crippen LogP contribution in [0.5, 0.6) is 0 Å². The maximum atomic E-state index is 11.9. The molecule has 0 aromatic carbocycles. The van der Waals surface area contributed by atoms with Crippen LogP contribution in [-0.4, -0.2) is 52.4 Å². The average molecular weight is 273 g/mol. The minimum Gasteiger partial charge on any atom is -0.477 e. The molecule has 3 amide bonds. The molecule has 2 aliphatic rings. The van der Waals surface area contributed by atoms with Gasteiger partial charge in [0, 0.05) is 6.42 Å². The van der Waals surface area contributed by atoms with Crippen LogP contribution in [0, 0.1) is 0 Å². The Labute approximate surface area is 106 Å². The number of nitrogens with one attached hydrogen (secondary N) is 1. The lowest BCUT2D eigenvalue weighted by Crippen LogP contribution is -2.57. The molecule has 0 saturated carbocycles. The molecule has 2 saturated heterocycles.